The lowest BCUT2D eigenvalue weighted by molar-refractivity contribution is -0.158. The molecule has 3 aliphatic rings. The number of carbonyl (C=O) groups excluding carboxylic acids is 1. The molecule has 1 saturated heterocycles. The number of amides is 1. The van der Waals surface area contributed by atoms with Crippen LogP contribution in [0.15, 0.2) is 48.5 Å². The molecule has 1 amide bonds. The van der Waals surface area contributed by atoms with Crippen LogP contribution < -0.4 is 5.32 Å². The third-order valence-electron chi connectivity index (χ3n) is 6.59. The number of hydrogen-bond donors (Lipinski definition) is 1. The van der Waals surface area contributed by atoms with Crippen LogP contribution in [0.4, 0.5) is 5.69 Å². The van der Waals surface area contributed by atoms with Crippen LogP contribution in [-0.2, 0) is 10.3 Å². The van der Waals surface area contributed by atoms with E-state index in [4.69, 9.17) is 11.6 Å². The molecule has 0 bridgehead atoms. The Labute approximate surface area is 165 Å². The van der Waals surface area contributed by atoms with Gasteiger partial charge in [0.2, 0.25) is 5.91 Å². The van der Waals surface area contributed by atoms with Gasteiger partial charge in [-0.05, 0) is 61.9 Å². The summed E-state index contributed by atoms with van der Waals surface area (Å²) in [4.78, 5) is 14.4. The zero-order chi connectivity index (χ0) is 18.6. The van der Waals surface area contributed by atoms with E-state index in [2.05, 4.69) is 47.5 Å². The predicted molar refractivity (Wildman–Crippen MR) is 109 cm³/mol. The molecule has 0 unspecified atom stereocenters. The maximum atomic E-state index is 12.3. The summed E-state index contributed by atoms with van der Waals surface area (Å²) < 4.78 is 0. The Morgan fingerprint density at radius 3 is 2.44 bits per heavy atom. The van der Waals surface area contributed by atoms with Gasteiger partial charge in [-0.15, -0.1) is 0 Å². The van der Waals surface area contributed by atoms with Crippen LogP contribution in [0.1, 0.15) is 36.8 Å². The lowest BCUT2D eigenvalue weighted by Crippen LogP contribution is -2.69. The van der Waals surface area contributed by atoms with Gasteiger partial charge in [0, 0.05) is 35.1 Å². The van der Waals surface area contributed by atoms with Crippen LogP contribution in [0.5, 0.6) is 0 Å². The highest BCUT2D eigenvalue weighted by Crippen LogP contribution is 2.61. The molecule has 1 N–H and O–H groups in total. The smallest absolute Gasteiger partial charge is 0.225 e. The normalized spacial score (nSPS) is 22.1. The van der Waals surface area contributed by atoms with Gasteiger partial charge >= 0.3 is 0 Å². The highest BCUT2D eigenvalue weighted by atomic mass is 35.5. The molecule has 2 aromatic carbocycles. The number of likely N-dealkylation sites (tertiary alicyclic amines) is 1. The van der Waals surface area contributed by atoms with E-state index in [1.165, 1.54) is 5.56 Å². The molecule has 2 aliphatic carbocycles. The van der Waals surface area contributed by atoms with E-state index in [0.29, 0.717) is 11.8 Å². The third-order valence-corrected chi connectivity index (χ3v) is 6.99. The minimum absolute atomic E-state index is 0.106. The lowest BCUT2D eigenvalue weighted by atomic mass is 9.51. The van der Waals surface area contributed by atoms with E-state index in [-0.39, 0.29) is 11.0 Å². The highest BCUT2D eigenvalue weighted by molar-refractivity contribution is 6.31. The van der Waals surface area contributed by atoms with E-state index in [1.807, 2.05) is 18.2 Å². The van der Waals surface area contributed by atoms with Crippen molar-refractivity contribution >= 4 is 23.2 Å². The number of anilines is 1. The van der Waals surface area contributed by atoms with Crippen molar-refractivity contribution in [3.63, 3.8) is 0 Å². The van der Waals surface area contributed by atoms with Gasteiger partial charge in [-0.25, -0.2) is 0 Å². The fourth-order valence-corrected chi connectivity index (χ4v) is 5.40. The fraction of sp³-hybridized carbons (Fsp3) is 0.435. The topological polar surface area (TPSA) is 32.3 Å². The van der Waals surface area contributed by atoms with Crippen molar-refractivity contribution < 1.29 is 4.79 Å². The Hall–Kier alpha value is -2.00. The monoisotopic (exact) mass is 380 g/mol. The second kappa shape index (κ2) is 6.00. The molecule has 3 fully saturated rings. The molecular weight excluding hydrogens is 356 g/mol. The van der Waals surface area contributed by atoms with E-state index < -0.39 is 0 Å². The van der Waals surface area contributed by atoms with E-state index in [9.17, 15) is 4.79 Å². The number of carbonyl (C=O) groups is 1. The number of hydrogen-bond acceptors (Lipinski definition) is 2. The molecule has 2 aromatic rings. The average molecular weight is 381 g/mol. The van der Waals surface area contributed by atoms with Crippen molar-refractivity contribution in [2.45, 2.75) is 38.1 Å². The molecule has 1 heterocycles. The minimum Gasteiger partial charge on any atom is -0.375 e. The van der Waals surface area contributed by atoms with Crippen molar-refractivity contribution in [3.8, 4) is 0 Å². The maximum Gasteiger partial charge on any atom is 0.225 e. The molecule has 5 rings (SSSR count). The van der Waals surface area contributed by atoms with Gasteiger partial charge in [-0.3, -0.25) is 4.79 Å². The van der Waals surface area contributed by atoms with Crippen molar-refractivity contribution in [3.05, 3.63) is 64.7 Å². The van der Waals surface area contributed by atoms with Gasteiger partial charge in [0.15, 0.2) is 0 Å². The van der Waals surface area contributed by atoms with Crippen LogP contribution in [-0.4, -0.2) is 23.9 Å². The molecule has 140 valence electrons. The van der Waals surface area contributed by atoms with E-state index >= 15 is 0 Å². The van der Waals surface area contributed by atoms with Crippen LogP contribution in [0.25, 0.3) is 0 Å². The second-order valence-corrected chi connectivity index (χ2v) is 9.21. The average Bonchev–Trinajstić information content (AvgIpc) is 3.44. The first-order valence-electron chi connectivity index (χ1n) is 9.88. The highest BCUT2D eigenvalue weighted by Gasteiger charge is 2.62. The number of halogens is 1. The molecule has 3 nitrogen and oxygen atoms in total. The van der Waals surface area contributed by atoms with E-state index in [0.717, 1.165) is 55.0 Å². The molecular formula is C23H25ClN2O. The van der Waals surface area contributed by atoms with E-state index in [1.54, 1.807) is 0 Å². The zero-order valence-electron chi connectivity index (χ0n) is 15.7. The van der Waals surface area contributed by atoms with Gasteiger partial charge in [0.25, 0.3) is 0 Å². The van der Waals surface area contributed by atoms with Gasteiger partial charge in [0.05, 0.1) is 5.54 Å². The van der Waals surface area contributed by atoms with Gasteiger partial charge in [-0.2, -0.15) is 0 Å². The second-order valence-electron chi connectivity index (χ2n) is 8.81. The van der Waals surface area contributed by atoms with Crippen molar-refractivity contribution in [1.29, 1.82) is 0 Å². The fourth-order valence-electron chi connectivity index (χ4n) is 5.23. The summed E-state index contributed by atoms with van der Waals surface area (Å²) in [7, 11) is 0. The lowest BCUT2D eigenvalue weighted by Gasteiger charge is -2.65. The van der Waals surface area contributed by atoms with Gasteiger partial charge in [0.1, 0.15) is 0 Å². The van der Waals surface area contributed by atoms with Gasteiger partial charge in [-0.1, -0.05) is 41.9 Å². The molecule has 1 aliphatic heterocycles. The Bertz CT molecular complexity index is 877. The largest absolute Gasteiger partial charge is 0.375 e. The first-order chi connectivity index (χ1) is 13.0. The molecule has 0 atom stereocenters. The van der Waals surface area contributed by atoms with Gasteiger partial charge < -0.3 is 10.2 Å². The Morgan fingerprint density at radius 1 is 1.07 bits per heavy atom. The third kappa shape index (κ3) is 2.84. The molecule has 2 saturated carbocycles. The molecule has 0 aromatic heterocycles. The van der Waals surface area contributed by atoms with Crippen LogP contribution in [0, 0.1) is 18.3 Å². The number of rotatable bonds is 4. The quantitative estimate of drug-likeness (QED) is 0.810. The summed E-state index contributed by atoms with van der Waals surface area (Å²) in [6.07, 6.45) is 4.27. The van der Waals surface area contributed by atoms with Crippen molar-refractivity contribution in [2.24, 2.45) is 11.3 Å². The predicted octanol–water partition coefficient (Wildman–Crippen LogP) is 4.99. The first-order valence-corrected chi connectivity index (χ1v) is 10.3. The minimum atomic E-state index is -0.106. The first kappa shape index (κ1) is 17.1. The Morgan fingerprint density at radius 2 is 1.78 bits per heavy atom. The van der Waals surface area contributed by atoms with Crippen molar-refractivity contribution in [1.82, 2.24) is 4.90 Å². The molecule has 0 radical (unpaired) electrons. The summed E-state index contributed by atoms with van der Waals surface area (Å²) in [5, 5.41) is 4.64. The summed E-state index contributed by atoms with van der Waals surface area (Å²) >= 11 is 6.45. The summed E-state index contributed by atoms with van der Waals surface area (Å²) in [5.41, 5.74) is 3.74. The maximum absolute atomic E-state index is 12.3. The Kier molecular flexibility index (Phi) is 3.80. The number of benzene rings is 2. The van der Waals surface area contributed by atoms with Crippen molar-refractivity contribution in [2.75, 3.05) is 18.4 Å². The zero-order valence-corrected chi connectivity index (χ0v) is 16.4. The Balaban J connectivity index is 1.40. The molecule has 4 heteroatoms. The summed E-state index contributed by atoms with van der Waals surface area (Å²) in [6.45, 7) is 3.95. The molecule has 1 spiro atoms. The number of nitrogens with zero attached hydrogens (tertiary/aromatic N) is 1. The number of nitrogens with one attached hydrogen (secondary N) is 1. The summed E-state index contributed by atoms with van der Waals surface area (Å²) in [6, 6.07) is 16.6. The SMILES string of the molecule is Cc1c(Cl)cccc1C1(Nc2ccccc2)CC2(CN(C(=O)C3CC3)C2)C1. The standard InChI is InChI=1S/C23H25ClN2O/c1-16-19(8-5-9-20(16)24)23(25-18-6-3-2-4-7-18)12-22(13-23)14-26(15-22)21(27)17-10-11-17/h2-9,17,25H,10-15H2,1H3. The van der Waals surface area contributed by atoms with Crippen LogP contribution in [0.2, 0.25) is 5.02 Å². The van der Waals surface area contributed by atoms with Crippen LogP contribution in [0.3, 0.4) is 0 Å². The van der Waals surface area contributed by atoms with Crippen LogP contribution >= 0.6 is 11.6 Å². The summed E-state index contributed by atoms with van der Waals surface area (Å²) in [5.74, 6) is 0.706. The number of para-hydroxylation sites is 1. The molecule has 27 heavy (non-hydrogen) atoms.